The first-order valence-corrected chi connectivity index (χ1v) is 7.03. The van der Waals surface area contributed by atoms with E-state index < -0.39 is 5.54 Å². The van der Waals surface area contributed by atoms with Crippen molar-refractivity contribution < 1.29 is 9.53 Å². The fraction of sp³-hybridized carbons (Fsp3) is 0.438. The SMILES string of the molecule is N#Cc1cccc(OCC(=O)NC2(C#N)CCCCC2)c1. The van der Waals surface area contributed by atoms with Crippen LogP contribution in [-0.2, 0) is 4.79 Å². The lowest BCUT2D eigenvalue weighted by molar-refractivity contribution is -0.124. The van der Waals surface area contributed by atoms with Gasteiger partial charge in [0.05, 0.1) is 17.7 Å². The van der Waals surface area contributed by atoms with Crippen LogP contribution < -0.4 is 10.1 Å². The van der Waals surface area contributed by atoms with E-state index >= 15 is 0 Å². The number of nitrogens with zero attached hydrogens (tertiary/aromatic N) is 2. The number of nitriles is 2. The molecule has 0 radical (unpaired) electrons. The van der Waals surface area contributed by atoms with Crippen LogP contribution in [0.2, 0.25) is 0 Å². The average Bonchev–Trinajstić information content (AvgIpc) is 2.54. The summed E-state index contributed by atoms with van der Waals surface area (Å²) < 4.78 is 5.37. The van der Waals surface area contributed by atoms with Gasteiger partial charge in [-0.25, -0.2) is 0 Å². The Morgan fingerprint density at radius 3 is 2.71 bits per heavy atom. The van der Waals surface area contributed by atoms with Gasteiger partial charge in [-0.2, -0.15) is 10.5 Å². The van der Waals surface area contributed by atoms with E-state index in [9.17, 15) is 10.1 Å². The minimum Gasteiger partial charge on any atom is -0.484 e. The van der Waals surface area contributed by atoms with Gasteiger partial charge in [0.15, 0.2) is 6.61 Å². The van der Waals surface area contributed by atoms with Gasteiger partial charge < -0.3 is 10.1 Å². The summed E-state index contributed by atoms with van der Waals surface area (Å²) in [6, 6.07) is 10.9. The fourth-order valence-corrected chi connectivity index (χ4v) is 2.53. The second kappa shape index (κ2) is 6.76. The van der Waals surface area contributed by atoms with Crippen LogP contribution in [0.1, 0.15) is 37.7 Å². The summed E-state index contributed by atoms with van der Waals surface area (Å²) in [4.78, 5) is 12.0. The van der Waals surface area contributed by atoms with Crippen LogP contribution >= 0.6 is 0 Å². The second-order valence-corrected chi connectivity index (χ2v) is 5.23. The summed E-state index contributed by atoms with van der Waals surface area (Å²) in [7, 11) is 0. The molecule has 5 nitrogen and oxygen atoms in total. The molecule has 1 saturated carbocycles. The Kier molecular flexibility index (Phi) is 4.79. The molecular weight excluding hydrogens is 266 g/mol. The minimum absolute atomic E-state index is 0.154. The summed E-state index contributed by atoms with van der Waals surface area (Å²) in [5.74, 6) is 0.166. The number of carbonyl (C=O) groups excluding carboxylic acids is 1. The van der Waals surface area contributed by atoms with Crippen LogP contribution in [0.4, 0.5) is 0 Å². The van der Waals surface area contributed by atoms with Gasteiger partial charge in [-0.3, -0.25) is 4.79 Å². The molecule has 1 aliphatic rings. The lowest BCUT2D eigenvalue weighted by atomic mass is 9.83. The van der Waals surface area contributed by atoms with E-state index in [1.54, 1.807) is 24.3 Å². The van der Waals surface area contributed by atoms with Crippen molar-refractivity contribution in [3.63, 3.8) is 0 Å². The summed E-state index contributed by atoms with van der Waals surface area (Å²) in [5, 5.41) is 20.9. The predicted molar refractivity (Wildman–Crippen MR) is 76.2 cm³/mol. The molecule has 0 spiro atoms. The first-order valence-electron chi connectivity index (χ1n) is 7.03. The van der Waals surface area contributed by atoms with Crippen LogP contribution in [0.25, 0.3) is 0 Å². The third-order valence-corrected chi connectivity index (χ3v) is 3.63. The molecule has 2 rings (SSSR count). The van der Waals surface area contributed by atoms with Gasteiger partial charge in [-0.1, -0.05) is 25.3 Å². The highest BCUT2D eigenvalue weighted by Crippen LogP contribution is 2.27. The normalized spacial score (nSPS) is 16.3. The topological polar surface area (TPSA) is 85.9 Å². The maximum atomic E-state index is 12.0. The third-order valence-electron chi connectivity index (χ3n) is 3.63. The molecule has 1 amide bonds. The van der Waals surface area contributed by atoms with Gasteiger partial charge in [0, 0.05) is 0 Å². The Bertz CT molecular complexity index is 592. The Balaban J connectivity index is 1.90. The zero-order valence-corrected chi connectivity index (χ0v) is 11.8. The lowest BCUT2D eigenvalue weighted by Crippen LogP contribution is -2.50. The fourth-order valence-electron chi connectivity index (χ4n) is 2.53. The first kappa shape index (κ1) is 14.9. The van der Waals surface area contributed by atoms with Gasteiger partial charge in [-0.15, -0.1) is 0 Å². The quantitative estimate of drug-likeness (QED) is 0.918. The van der Waals surface area contributed by atoms with Crippen molar-refractivity contribution in [1.29, 1.82) is 10.5 Å². The highest BCUT2D eigenvalue weighted by Gasteiger charge is 2.33. The molecule has 0 aromatic heterocycles. The zero-order chi connectivity index (χ0) is 15.1. The minimum atomic E-state index is -0.743. The van der Waals surface area contributed by atoms with E-state index in [0.29, 0.717) is 24.2 Å². The predicted octanol–water partition coefficient (Wildman–Crippen LogP) is 2.28. The molecule has 1 aromatic rings. The second-order valence-electron chi connectivity index (χ2n) is 5.23. The number of hydrogen-bond acceptors (Lipinski definition) is 4. The van der Waals surface area contributed by atoms with E-state index in [2.05, 4.69) is 11.4 Å². The Hall–Kier alpha value is -2.53. The molecule has 0 bridgehead atoms. The lowest BCUT2D eigenvalue weighted by Gasteiger charge is -2.31. The Morgan fingerprint density at radius 2 is 2.05 bits per heavy atom. The van der Waals surface area contributed by atoms with Crippen molar-refractivity contribution in [3.05, 3.63) is 29.8 Å². The van der Waals surface area contributed by atoms with Crippen molar-refractivity contribution in [2.45, 2.75) is 37.6 Å². The van der Waals surface area contributed by atoms with Crippen molar-refractivity contribution in [2.75, 3.05) is 6.61 Å². The molecule has 21 heavy (non-hydrogen) atoms. The van der Waals surface area contributed by atoms with Crippen LogP contribution in [-0.4, -0.2) is 18.1 Å². The molecule has 0 aliphatic heterocycles. The molecule has 1 aromatic carbocycles. The molecule has 108 valence electrons. The molecule has 0 saturated heterocycles. The van der Waals surface area contributed by atoms with Crippen molar-refractivity contribution in [2.24, 2.45) is 0 Å². The number of ether oxygens (including phenoxy) is 1. The van der Waals surface area contributed by atoms with E-state index in [-0.39, 0.29) is 12.5 Å². The van der Waals surface area contributed by atoms with Gasteiger partial charge in [0.25, 0.3) is 5.91 Å². The highest BCUT2D eigenvalue weighted by molar-refractivity contribution is 5.78. The number of carbonyl (C=O) groups is 1. The van der Waals surface area contributed by atoms with E-state index in [1.165, 1.54) is 0 Å². The van der Waals surface area contributed by atoms with Gasteiger partial charge in [-0.05, 0) is 31.0 Å². The van der Waals surface area contributed by atoms with Crippen LogP contribution in [0.5, 0.6) is 5.75 Å². The molecule has 1 fully saturated rings. The summed E-state index contributed by atoms with van der Waals surface area (Å²) in [6.07, 6.45) is 4.41. The summed E-state index contributed by atoms with van der Waals surface area (Å²) in [6.45, 7) is -0.154. The number of rotatable bonds is 4. The molecule has 0 atom stereocenters. The third kappa shape index (κ3) is 3.97. The van der Waals surface area contributed by atoms with E-state index in [0.717, 1.165) is 19.3 Å². The van der Waals surface area contributed by atoms with Crippen LogP contribution in [0.15, 0.2) is 24.3 Å². The number of amides is 1. The van der Waals surface area contributed by atoms with E-state index in [1.807, 2.05) is 6.07 Å². The van der Waals surface area contributed by atoms with Crippen LogP contribution in [0, 0.1) is 22.7 Å². The summed E-state index contributed by atoms with van der Waals surface area (Å²) >= 11 is 0. The molecule has 1 N–H and O–H groups in total. The Labute approximate surface area is 124 Å². The monoisotopic (exact) mass is 283 g/mol. The zero-order valence-electron chi connectivity index (χ0n) is 11.8. The maximum Gasteiger partial charge on any atom is 0.259 e. The number of benzene rings is 1. The van der Waals surface area contributed by atoms with Crippen molar-refractivity contribution in [3.8, 4) is 17.9 Å². The molecular formula is C16H17N3O2. The molecule has 0 heterocycles. The first-order chi connectivity index (χ1) is 10.2. The number of nitrogens with one attached hydrogen (secondary N) is 1. The van der Waals surface area contributed by atoms with Crippen LogP contribution in [0.3, 0.4) is 0 Å². The van der Waals surface area contributed by atoms with Gasteiger partial charge in [0.2, 0.25) is 0 Å². The van der Waals surface area contributed by atoms with Gasteiger partial charge in [0.1, 0.15) is 11.3 Å². The maximum absolute atomic E-state index is 12.0. The van der Waals surface area contributed by atoms with E-state index in [4.69, 9.17) is 10.00 Å². The standard InChI is InChI=1S/C16H17N3O2/c17-10-13-5-4-6-14(9-13)21-11-15(20)19-16(12-18)7-2-1-3-8-16/h4-6,9H,1-3,7-8,11H2,(H,19,20). The average molecular weight is 283 g/mol. The number of hydrogen-bond donors (Lipinski definition) is 1. The highest BCUT2D eigenvalue weighted by atomic mass is 16.5. The Morgan fingerprint density at radius 1 is 1.29 bits per heavy atom. The largest absolute Gasteiger partial charge is 0.484 e. The van der Waals surface area contributed by atoms with Gasteiger partial charge >= 0.3 is 0 Å². The van der Waals surface area contributed by atoms with Crippen molar-refractivity contribution >= 4 is 5.91 Å². The molecule has 1 aliphatic carbocycles. The molecule has 0 unspecified atom stereocenters. The van der Waals surface area contributed by atoms with Crippen molar-refractivity contribution in [1.82, 2.24) is 5.32 Å². The smallest absolute Gasteiger partial charge is 0.259 e. The molecule has 5 heteroatoms. The summed E-state index contributed by atoms with van der Waals surface area (Å²) in [5.41, 5.74) is -0.263.